The molecule has 2 saturated heterocycles. The van der Waals surface area contributed by atoms with Crippen molar-refractivity contribution < 1.29 is 13.2 Å². The van der Waals surface area contributed by atoms with Gasteiger partial charge in [-0.05, 0) is 24.5 Å². The number of aromatic nitrogens is 6. The van der Waals surface area contributed by atoms with Crippen molar-refractivity contribution in [1.29, 1.82) is 0 Å². The van der Waals surface area contributed by atoms with Gasteiger partial charge in [-0.1, -0.05) is 19.1 Å². The van der Waals surface area contributed by atoms with Crippen LogP contribution < -0.4 is 10.6 Å². The summed E-state index contributed by atoms with van der Waals surface area (Å²) < 4.78 is 33.6. The first kappa shape index (κ1) is 24.3. The maximum Gasteiger partial charge on any atom is 0.239 e. The number of benzene rings is 1. The average Bonchev–Trinajstić information content (AvgIpc) is 3.56. The minimum absolute atomic E-state index is 0.0606. The highest BCUT2D eigenvalue weighted by molar-refractivity contribution is 7.91. The number of sulfone groups is 1. The van der Waals surface area contributed by atoms with Crippen molar-refractivity contribution in [2.24, 2.45) is 18.7 Å². The van der Waals surface area contributed by atoms with E-state index in [0.717, 1.165) is 40.4 Å². The van der Waals surface area contributed by atoms with Gasteiger partial charge in [-0.3, -0.25) is 4.57 Å². The fraction of sp³-hybridized carbons (Fsp3) is 0.520. The second kappa shape index (κ2) is 9.34. The summed E-state index contributed by atoms with van der Waals surface area (Å²) in [5.41, 5.74) is 9.81. The fourth-order valence-corrected chi connectivity index (χ4v) is 7.33. The van der Waals surface area contributed by atoms with Crippen molar-refractivity contribution >= 4 is 37.9 Å². The van der Waals surface area contributed by atoms with E-state index in [1.165, 1.54) is 0 Å². The van der Waals surface area contributed by atoms with E-state index in [1.807, 2.05) is 40.4 Å². The van der Waals surface area contributed by atoms with E-state index in [4.69, 9.17) is 30.4 Å². The van der Waals surface area contributed by atoms with Gasteiger partial charge in [0, 0.05) is 39.0 Å². The topological polar surface area (TPSA) is 134 Å². The van der Waals surface area contributed by atoms with E-state index < -0.39 is 9.84 Å². The number of rotatable bonds is 6. The average molecular weight is 525 g/mol. The van der Waals surface area contributed by atoms with Crippen LogP contribution in [0, 0.1) is 5.92 Å². The maximum atomic E-state index is 12.0. The van der Waals surface area contributed by atoms with E-state index in [0.29, 0.717) is 50.7 Å². The lowest BCUT2D eigenvalue weighted by molar-refractivity contribution is 0.122. The normalized spacial score (nSPS) is 20.7. The summed E-state index contributed by atoms with van der Waals surface area (Å²) in [6, 6.07) is 7.71. The van der Waals surface area contributed by atoms with Gasteiger partial charge in [0.1, 0.15) is 11.6 Å². The number of hydrogen-bond donors (Lipinski definition) is 1. The summed E-state index contributed by atoms with van der Waals surface area (Å²) in [4.78, 5) is 22.0. The molecule has 11 nitrogen and oxygen atoms in total. The summed E-state index contributed by atoms with van der Waals surface area (Å²) in [5.74, 6) is 3.29. The zero-order valence-corrected chi connectivity index (χ0v) is 22.0. The van der Waals surface area contributed by atoms with Gasteiger partial charge in [0.2, 0.25) is 5.95 Å². The molecular weight excluding hydrogens is 492 g/mol. The molecule has 0 spiro atoms. The quantitative estimate of drug-likeness (QED) is 0.397. The number of aryl methyl sites for hydroxylation is 2. The van der Waals surface area contributed by atoms with E-state index in [2.05, 4.69) is 11.8 Å². The Hall–Kier alpha value is -3.09. The number of nitrogens with two attached hydrogens (primary N) is 1. The Kier molecular flexibility index (Phi) is 6.12. The molecule has 6 rings (SSSR count). The first-order valence-corrected chi connectivity index (χ1v) is 14.7. The van der Waals surface area contributed by atoms with E-state index in [9.17, 15) is 8.42 Å². The molecule has 4 aromatic rings. The summed E-state index contributed by atoms with van der Waals surface area (Å²) >= 11 is 0. The molecule has 3 aromatic heterocycles. The minimum atomic E-state index is -3.00. The molecule has 0 bridgehead atoms. The largest absolute Gasteiger partial charge is 0.378 e. The molecule has 0 amide bonds. The lowest BCUT2D eigenvalue weighted by atomic mass is 9.97. The van der Waals surface area contributed by atoms with Gasteiger partial charge in [0.05, 0.1) is 35.8 Å². The molecule has 0 saturated carbocycles. The first-order chi connectivity index (χ1) is 17.8. The van der Waals surface area contributed by atoms with Crippen molar-refractivity contribution in [3.63, 3.8) is 0 Å². The van der Waals surface area contributed by atoms with Crippen LogP contribution in [0.25, 0.3) is 28.1 Å². The zero-order valence-electron chi connectivity index (χ0n) is 21.2. The molecule has 0 aliphatic carbocycles. The van der Waals surface area contributed by atoms with Crippen LogP contribution in [0.5, 0.6) is 0 Å². The molecule has 2 aliphatic heterocycles. The molecule has 37 heavy (non-hydrogen) atoms. The fourth-order valence-electron chi connectivity index (χ4n) is 5.43. The van der Waals surface area contributed by atoms with Crippen LogP contribution in [-0.4, -0.2) is 81.3 Å². The Morgan fingerprint density at radius 2 is 1.89 bits per heavy atom. The van der Waals surface area contributed by atoms with Crippen LogP contribution in [0.15, 0.2) is 24.3 Å². The molecule has 12 heteroatoms. The number of fused-ring (bicyclic) bond motifs is 2. The van der Waals surface area contributed by atoms with Crippen molar-refractivity contribution in [1.82, 2.24) is 29.1 Å². The van der Waals surface area contributed by atoms with Gasteiger partial charge in [0.25, 0.3) is 0 Å². The van der Waals surface area contributed by atoms with Gasteiger partial charge in [-0.25, -0.2) is 18.4 Å². The number of anilines is 1. The number of para-hydroxylation sites is 2. The zero-order chi connectivity index (χ0) is 25.7. The maximum absolute atomic E-state index is 12.0. The summed E-state index contributed by atoms with van der Waals surface area (Å²) in [5, 5.41) is 0. The van der Waals surface area contributed by atoms with Gasteiger partial charge in [-0.15, -0.1) is 0 Å². The van der Waals surface area contributed by atoms with Crippen LogP contribution in [0.4, 0.5) is 5.82 Å². The molecule has 1 aromatic carbocycles. The molecule has 2 aliphatic rings. The standard InChI is InChI=1S/C25H32N8O3S/c1-3-20-27-18-6-4-5-7-19(18)33(20)25-29-23-22(24(30-25)32-9-11-36-12-10-32)28-21(31(23)2)14-17(26)16-8-13-37(34,35)15-16/h4-7,16-17H,3,8-15,26H2,1-2H3. The monoisotopic (exact) mass is 524 g/mol. The van der Waals surface area contributed by atoms with Crippen LogP contribution >= 0.6 is 0 Å². The van der Waals surface area contributed by atoms with E-state index in [-0.39, 0.29) is 23.5 Å². The highest BCUT2D eigenvalue weighted by Gasteiger charge is 2.33. The smallest absolute Gasteiger partial charge is 0.239 e. The van der Waals surface area contributed by atoms with E-state index >= 15 is 0 Å². The molecule has 2 N–H and O–H groups in total. The van der Waals surface area contributed by atoms with Crippen LogP contribution in [0.1, 0.15) is 25.0 Å². The van der Waals surface area contributed by atoms with E-state index in [1.54, 1.807) is 0 Å². The molecular formula is C25H32N8O3S. The molecule has 196 valence electrons. The predicted octanol–water partition coefficient (Wildman–Crippen LogP) is 1.41. The predicted molar refractivity (Wildman–Crippen MR) is 142 cm³/mol. The third-order valence-electron chi connectivity index (χ3n) is 7.53. The van der Waals surface area contributed by atoms with Crippen LogP contribution in [0.2, 0.25) is 0 Å². The highest BCUT2D eigenvalue weighted by Crippen LogP contribution is 2.29. The van der Waals surface area contributed by atoms with Gasteiger partial charge in [0.15, 0.2) is 26.8 Å². The van der Waals surface area contributed by atoms with Crippen LogP contribution in [-0.2, 0) is 34.5 Å². The lowest BCUT2D eigenvalue weighted by Gasteiger charge is -2.28. The molecule has 0 radical (unpaired) electrons. The Labute approximate surface area is 215 Å². The lowest BCUT2D eigenvalue weighted by Crippen LogP contribution is -2.37. The summed E-state index contributed by atoms with van der Waals surface area (Å²) in [6.45, 7) is 4.74. The number of ether oxygens (including phenoxy) is 1. The Bertz CT molecular complexity index is 1570. The van der Waals surface area contributed by atoms with Crippen molar-refractivity contribution in [3.05, 3.63) is 35.9 Å². The number of nitrogens with zero attached hydrogens (tertiary/aromatic N) is 7. The van der Waals surface area contributed by atoms with Crippen LogP contribution in [0.3, 0.4) is 0 Å². The van der Waals surface area contributed by atoms with Gasteiger partial charge in [-0.2, -0.15) is 9.97 Å². The molecule has 2 fully saturated rings. The second-order valence-corrected chi connectivity index (χ2v) is 12.2. The second-order valence-electron chi connectivity index (χ2n) is 9.94. The third-order valence-corrected chi connectivity index (χ3v) is 9.32. The Morgan fingerprint density at radius 3 is 2.62 bits per heavy atom. The number of morpholine rings is 1. The van der Waals surface area contributed by atoms with Crippen molar-refractivity contribution in [3.8, 4) is 5.95 Å². The third kappa shape index (κ3) is 4.36. The Balaban J connectivity index is 1.48. The Morgan fingerprint density at radius 1 is 1.11 bits per heavy atom. The first-order valence-electron chi connectivity index (χ1n) is 12.8. The van der Waals surface area contributed by atoms with Gasteiger partial charge < -0.3 is 19.9 Å². The summed E-state index contributed by atoms with van der Waals surface area (Å²) in [7, 11) is -1.06. The molecule has 2 unspecified atom stereocenters. The summed E-state index contributed by atoms with van der Waals surface area (Å²) in [6.07, 6.45) is 1.81. The number of hydrogen-bond acceptors (Lipinski definition) is 9. The minimum Gasteiger partial charge on any atom is -0.378 e. The molecule has 5 heterocycles. The van der Waals surface area contributed by atoms with Crippen molar-refractivity contribution in [2.45, 2.75) is 32.2 Å². The number of imidazole rings is 2. The van der Waals surface area contributed by atoms with Gasteiger partial charge >= 0.3 is 0 Å². The van der Waals surface area contributed by atoms with Crippen molar-refractivity contribution in [2.75, 3.05) is 42.7 Å². The SMILES string of the molecule is CCc1nc2ccccc2n1-c1nc(N2CCOCC2)c2nc(CC(N)C3CCS(=O)(=O)C3)n(C)c2n1. The highest BCUT2D eigenvalue weighted by atomic mass is 32.2. The molecule has 2 atom stereocenters.